The summed E-state index contributed by atoms with van der Waals surface area (Å²) in [6.45, 7) is 2.25. The first-order valence-corrected chi connectivity index (χ1v) is 8.08. The molecule has 4 rings (SSSR count). The zero-order chi connectivity index (χ0) is 18.5. The SMILES string of the molecule is Cc1nc2ccc(-c3ccn4nc(NCC(C)(F)F)ncc34)nc2n1C. The van der Waals surface area contributed by atoms with E-state index >= 15 is 0 Å². The van der Waals surface area contributed by atoms with E-state index in [0.29, 0.717) is 0 Å². The fourth-order valence-electron chi connectivity index (χ4n) is 2.76. The minimum atomic E-state index is -2.83. The van der Waals surface area contributed by atoms with Crippen LogP contribution in [-0.2, 0) is 7.05 Å². The summed E-state index contributed by atoms with van der Waals surface area (Å²) in [5.74, 6) is -1.80. The van der Waals surface area contributed by atoms with Crippen molar-refractivity contribution in [1.29, 1.82) is 0 Å². The van der Waals surface area contributed by atoms with Gasteiger partial charge in [0.15, 0.2) is 5.65 Å². The Labute approximate surface area is 147 Å². The Hall–Kier alpha value is -3.10. The number of hydrogen-bond donors (Lipinski definition) is 1. The molecule has 26 heavy (non-hydrogen) atoms. The molecule has 0 unspecified atom stereocenters. The van der Waals surface area contributed by atoms with Gasteiger partial charge in [0, 0.05) is 25.7 Å². The van der Waals surface area contributed by atoms with Crippen LogP contribution in [0.2, 0.25) is 0 Å². The topological polar surface area (TPSA) is 72.9 Å². The van der Waals surface area contributed by atoms with Crippen LogP contribution in [0.15, 0.2) is 30.6 Å². The number of hydrogen-bond acceptors (Lipinski definition) is 5. The molecule has 0 aliphatic heterocycles. The Balaban J connectivity index is 1.72. The molecule has 0 bridgehead atoms. The Kier molecular flexibility index (Phi) is 3.60. The minimum absolute atomic E-state index is 0.145. The average Bonchev–Trinajstić information content (AvgIpc) is 3.13. The van der Waals surface area contributed by atoms with Crippen molar-refractivity contribution < 1.29 is 8.78 Å². The number of alkyl halides is 2. The second-order valence-corrected chi connectivity index (χ2v) is 6.32. The summed E-state index contributed by atoms with van der Waals surface area (Å²) in [5, 5.41) is 6.76. The Morgan fingerprint density at radius 2 is 2.00 bits per heavy atom. The van der Waals surface area contributed by atoms with Crippen molar-refractivity contribution in [1.82, 2.24) is 29.1 Å². The lowest BCUT2D eigenvalue weighted by Crippen LogP contribution is -2.24. The van der Waals surface area contributed by atoms with E-state index in [1.165, 1.54) is 0 Å². The lowest BCUT2D eigenvalue weighted by atomic mass is 10.2. The van der Waals surface area contributed by atoms with Crippen molar-refractivity contribution in [3.63, 3.8) is 0 Å². The zero-order valence-electron chi connectivity index (χ0n) is 14.5. The highest BCUT2D eigenvalue weighted by molar-refractivity contribution is 5.82. The lowest BCUT2D eigenvalue weighted by molar-refractivity contribution is 0.0365. The zero-order valence-corrected chi connectivity index (χ0v) is 14.5. The number of nitrogens with one attached hydrogen (secondary N) is 1. The molecule has 0 saturated carbocycles. The normalized spacial score (nSPS) is 12.2. The fraction of sp³-hybridized carbons (Fsp3) is 0.294. The van der Waals surface area contributed by atoms with Gasteiger partial charge in [-0.3, -0.25) is 0 Å². The molecule has 0 fully saturated rings. The number of nitrogens with zero attached hydrogens (tertiary/aromatic N) is 6. The quantitative estimate of drug-likeness (QED) is 0.608. The van der Waals surface area contributed by atoms with Gasteiger partial charge >= 0.3 is 0 Å². The maximum atomic E-state index is 13.0. The van der Waals surface area contributed by atoms with E-state index < -0.39 is 12.5 Å². The Bertz CT molecular complexity index is 1110. The molecule has 0 spiro atoms. The van der Waals surface area contributed by atoms with Crippen LogP contribution in [0.5, 0.6) is 0 Å². The smallest absolute Gasteiger partial charge is 0.262 e. The molecule has 0 amide bonds. The molecular weight excluding hydrogens is 340 g/mol. The first kappa shape index (κ1) is 16.4. The molecule has 0 radical (unpaired) electrons. The van der Waals surface area contributed by atoms with Gasteiger partial charge in [-0.15, -0.1) is 5.10 Å². The van der Waals surface area contributed by atoms with E-state index in [2.05, 4.69) is 20.4 Å². The van der Waals surface area contributed by atoms with Crippen molar-refractivity contribution in [2.75, 3.05) is 11.9 Å². The van der Waals surface area contributed by atoms with Crippen molar-refractivity contribution in [2.24, 2.45) is 7.05 Å². The maximum Gasteiger partial charge on any atom is 0.262 e. The van der Waals surface area contributed by atoms with Gasteiger partial charge in [0.05, 0.1) is 24.0 Å². The number of aromatic nitrogens is 6. The molecule has 4 aromatic heterocycles. The van der Waals surface area contributed by atoms with Crippen molar-refractivity contribution in [2.45, 2.75) is 19.8 Å². The highest BCUT2D eigenvalue weighted by atomic mass is 19.3. The van der Waals surface area contributed by atoms with Crippen LogP contribution in [0, 0.1) is 6.92 Å². The standard InChI is InChI=1S/C17H17F2N7/c1-10-22-13-5-4-12(23-15(13)25(10)3)11-6-7-26-14(11)8-20-16(24-26)21-9-17(2,18)19/h4-8H,9H2,1-3H3,(H,21,24). The van der Waals surface area contributed by atoms with Crippen LogP contribution in [0.1, 0.15) is 12.7 Å². The summed E-state index contributed by atoms with van der Waals surface area (Å²) in [5.41, 5.74) is 4.00. The van der Waals surface area contributed by atoms with Gasteiger partial charge in [-0.25, -0.2) is 28.2 Å². The van der Waals surface area contributed by atoms with E-state index in [9.17, 15) is 8.78 Å². The van der Waals surface area contributed by atoms with Crippen LogP contribution in [0.3, 0.4) is 0 Å². The average molecular weight is 357 g/mol. The predicted molar refractivity (Wildman–Crippen MR) is 94.3 cm³/mol. The first-order chi connectivity index (χ1) is 12.3. The summed E-state index contributed by atoms with van der Waals surface area (Å²) in [6.07, 6.45) is 3.35. The molecule has 0 atom stereocenters. The summed E-state index contributed by atoms with van der Waals surface area (Å²) in [7, 11) is 1.92. The number of halogens is 2. The molecule has 0 aliphatic rings. The van der Waals surface area contributed by atoms with Crippen LogP contribution in [-0.4, -0.2) is 41.6 Å². The molecule has 0 saturated heterocycles. The van der Waals surface area contributed by atoms with Gasteiger partial charge in [0.1, 0.15) is 11.3 Å². The molecule has 1 N–H and O–H groups in total. The molecule has 9 heteroatoms. The Morgan fingerprint density at radius 1 is 1.19 bits per heavy atom. The highest BCUT2D eigenvalue weighted by Crippen LogP contribution is 2.26. The van der Waals surface area contributed by atoms with E-state index in [-0.39, 0.29) is 5.95 Å². The molecule has 4 heterocycles. The number of fused-ring (bicyclic) bond motifs is 2. The monoisotopic (exact) mass is 357 g/mol. The first-order valence-electron chi connectivity index (χ1n) is 8.08. The third-order valence-electron chi connectivity index (χ3n) is 4.19. The number of rotatable bonds is 4. The molecule has 0 aromatic carbocycles. The van der Waals surface area contributed by atoms with Gasteiger partial charge in [-0.2, -0.15) is 0 Å². The second-order valence-electron chi connectivity index (χ2n) is 6.32. The largest absolute Gasteiger partial charge is 0.347 e. The summed E-state index contributed by atoms with van der Waals surface area (Å²) in [6, 6.07) is 5.70. The third-order valence-corrected chi connectivity index (χ3v) is 4.19. The molecule has 134 valence electrons. The van der Waals surface area contributed by atoms with Crippen LogP contribution in [0.4, 0.5) is 14.7 Å². The molecule has 0 aliphatic carbocycles. The molecule has 7 nitrogen and oxygen atoms in total. The van der Waals surface area contributed by atoms with Gasteiger partial charge in [0.2, 0.25) is 5.95 Å². The van der Waals surface area contributed by atoms with Crippen molar-refractivity contribution in [3.05, 3.63) is 36.4 Å². The van der Waals surface area contributed by atoms with Gasteiger partial charge in [-0.05, 0) is 25.1 Å². The summed E-state index contributed by atoms with van der Waals surface area (Å²) in [4.78, 5) is 13.3. The number of aryl methyl sites for hydroxylation is 2. The summed E-state index contributed by atoms with van der Waals surface area (Å²) < 4.78 is 29.5. The maximum absolute atomic E-state index is 13.0. The number of imidazole rings is 1. The minimum Gasteiger partial charge on any atom is -0.347 e. The van der Waals surface area contributed by atoms with E-state index in [1.807, 2.05) is 36.7 Å². The number of pyridine rings is 1. The van der Waals surface area contributed by atoms with Crippen LogP contribution in [0.25, 0.3) is 27.9 Å². The number of anilines is 1. The van der Waals surface area contributed by atoms with Gasteiger partial charge in [0.25, 0.3) is 5.92 Å². The van der Waals surface area contributed by atoms with Gasteiger partial charge < -0.3 is 9.88 Å². The van der Waals surface area contributed by atoms with Crippen LogP contribution >= 0.6 is 0 Å². The fourth-order valence-corrected chi connectivity index (χ4v) is 2.76. The van der Waals surface area contributed by atoms with E-state index in [1.54, 1.807) is 16.9 Å². The highest BCUT2D eigenvalue weighted by Gasteiger charge is 2.21. The van der Waals surface area contributed by atoms with Crippen LogP contribution < -0.4 is 5.32 Å². The van der Waals surface area contributed by atoms with E-state index in [4.69, 9.17) is 4.98 Å². The Morgan fingerprint density at radius 3 is 2.77 bits per heavy atom. The lowest BCUT2D eigenvalue weighted by Gasteiger charge is -2.11. The van der Waals surface area contributed by atoms with Gasteiger partial charge in [-0.1, -0.05) is 0 Å². The summed E-state index contributed by atoms with van der Waals surface area (Å²) >= 11 is 0. The molecule has 4 aromatic rings. The third kappa shape index (κ3) is 2.85. The predicted octanol–water partition coefficient (Wildman–Crippen LogP) is 3.05. The van der Waals surface area contributed by atoms with E-state index in [0.717, 1.165) is 40.7 Å². The van der Waals surface area contributed by atoms with Crippen molar-refractivity contribution in [3.8, 4) is 11.3 Å². The molecular formula is C17H17F2N7. The van der Waals surface area contributed by atoms with Crippen molar-refractivity contribution >= 4 is 22.6 Å². The second kappa shape index (κ2) is 5.72.